The van der Waals surface area contributed by atoms with Crippen molar-refractivity contribution < 1.29 is 14.4 Å². The summed E-state index contributed by atoms with van der Waals surface area (Å²) in [6.07, 6.45) is 0.999. The van der Waals surface area contributed by atoms with Crippen LogP contribution in [0.15, 0.2) is 23.0 Å². The van der Waals surface area contributed by atoms with Crippen molar-refractivity contribution >= 4 is 28.2 Å². The van der Waals surface area contributed by atoms with Crippen molar-refractivity contribution in [3.63, 3.8) is 0 Å². The number of H-pyrrole nitrogens is 1. The highest BCUT2D eigenvalue weighted by Gasteiger charge is 2.18. The zero-order valence-electron chi connectivity index (χ0n) is 17.5. The second-order valence-electron chi connectivity index (χ2n) is 7.28. The van der Waals surface area contributed by atoms with E-state index >= 15 is 0 Å². The molecule has 0 radical (unpaired) electrons. The Hall–Kier alpha value is -2.32. The van der Waals surface area contributed by atoms with E-state index in [4.69, 9.17) is 21.7 Å². The lowest BCUT2D eigenvalue weighted by atomic mass is 10.1. The summed E-state index contributed by atoms with van der Waals surface area (Å²) in [6.45, 7) is 11.9. The molecular weight excluding hydrogens is 388 g/mol. The summed E-state index contributed by atoms with van der Waals surface area (Å²) in [4.78, 5) is 19.3. The summed E-state index contributed by atoms with van der Waals surface area (Å²) in [7, 11) is 0. The Bertz CT molecular complexity index is 911. The molecule has 3 rings (SSSR count). The minimum Gasteiger partial charge on any atom is -0.454 e. The van der Waals surface area contributed by atoms with E-state index in [1.807, 2.05) is 18.2 Å². The second kappa shape index (κ2) is 9.93. The first-order valence-corrected chi connectivity index (χ1v) is 10.8. The van der Waals surface area contributed by atoms with Crippen LogP contribution in [0.2, 0.25) is 0 Å². The third-order valence-corrected chi connectivity index (χ3v) is 5.73. The lowest BCUT2D eigenvalue weighted by Gasteiger charge is -2.27. The average molecular weight is 420 g/mol. The summed E-state index contributed by atoms with van der Waals surface area (Å²) in [5, 5.41) is 4.92. The fraction of sp³-hybridized carbons (Fsp3) is 0.524. The average Bonchev–Trinajstić information content (AvgIpc) is 3.17. The van der Waals surface area contributed by atoms with Gasteiger partial charge in [-0.2, -0.15) is 0 Å². The van der Waals surface area contributed by atoms with Crippen LogP contribution in [0.4, 0.5) is 0 Å². The number of benzene rings is 1. The van der Waals surface area contributed by atoms with E-state index < -0.39 is 0 Å². The van der Waals surface area contributed by atoms with Crippen molar-refractivity contribution in [2.24, 2.45) is 0 Å². The smallest absolute Gasteiger partial charge is 0.253 e. The monoisotopic (exact) mass is 419 g/mol. The first-order valence-electron chi connectivity index (χ1n) is 10.4. The molecule has 7 nitrogen and oxygen atoms in total. The van der Waals surface area contributed by atoms with Crippen LogP contribution >= 0.6 is 12.2 Å². The van der Waals surface area contributed by atoms with Crippen LogP contribution in [0.5, 0.6) is 11.5 Å². The van der Waals surface area contributed by atoms with Crippen LogP contribution in [-0.4, -0.2) is 54.5 Å². The van der Waals surface area contributed by atoms with Crippen molar-refractivity contribution in [1.29, 1.82) is 0 Å². The second-order valence-corrected chi connectivity index (χ2v) is 7.66. The number of ether oxygens (including phenoxy) is 2. The number of rotatable bonds is 9. The zero-order chi connectivity index (χ0) is 20.8. The van der Waals surface area contributed by atoms with E-state index in [0.717, 1.165) is 50.0 Å². The van der Waals surface area contributed by atoms with Crippen molar-refractivity contribution in [2.45, 2.75) is 33.7 Å². The maximum absolute atomic E-state index is 12.7. The van der Waals surface area contributed by atoms with Gasteiger partial charge in [-0.25, -0.2) is 0 Å². The summed E-state index contributed by atoms with van der Waals surface area (Å²) in [5.41, 5.74) is 1.33. The Morgan fingerprint density at radius 3 is 2.62 bits per heavy atom. The quantitative estimate of drug-likeness (QED) is 0.532. The fourth-order valence-corrected chi connectivity index (χ4v) is 3.71. The summed E-state index contributed by atoms with van der Waals surface area (Å²) in [5.74, 6) is 1.37. The van der Waals surface area contributed by atoms with Gasteiger partial charge in [0, 0.05) is 23.6 Å². The molecule has 0 spiro atoms. The number of thiocarbonyl (C=S) groups is 1. The number of hydrogen-bond acceptors (Lipinski definition) is 4. The van der Waals surface area contributed by atoms with Gasteiger partial charge in [0.25, 0.3) is 5.56 Å². The molecule has 0 saturated heterocycles. The highest BCUT2D eigenvalue weighted by molar-refractivity contribution is 7.80. The molecule has 158 valence electrons. The molecule has 0 fully saturated rings. The Morgan fingerprint density at radius 2 is 1.93 bits per heavy atom. The molecule has 8 heteroatoms. The molecule has 0 atom stereocenters. The zero-order valence-corrected chi connectivity index (χ0v) is 18.3. The first kappa shape index (κ1) is 21.4. The van der Waals surface area contributed by atoms with Crippen molar-refractivity contribution in [1.82, 2.24) is 15.2 Å². The number of nitrogens with zero attached hydrogens (tertiary/aromatic N) is 1. The standard InChI is InChI=1S/C21H30N4O3S/c1-4-7-22-21(29)25(9-8-24(5-2)6-3)13-16-10-15-11-18-19(28-14-27-18)12-17(15)23-20(16)26/h10-12H,4-9,13-14H2,1-3H3,(H,22,29)(H,23,26)/p+1. The molecule has 0 aliphatic carbocycles. The summed E-state index contributed by atoms with van der Waals surface area (Å²) in [6, 6.07) is 5.66. The van der Waals surface area contributed by atoms with Gasteiger partial charge in [0.15, 0.2) is 16.6 Å². The first-order chi connectivity index (χ1) is 14.0. The summed E-state index contributed by atoms with van der Waals surface area (Å²) >= 11 is 5.63. The summed E-state index contributed by atoms with van der Waals surface area (Å²) < 4.78 is 10.9. The molecule has 3 N–H and O–H groups in total. The Kier molecular flexibility index (Phi) is 7.33. The molecule has 1 aliphatic heterocycles. The van der Waals surface area contributed by atoms with Crippen LogP contribution in [0, 0.1) is 0 Å². The molecule has 1 aromatic heterocycles. The van der Waals surface area contributed by atoms with Gasteiger partial charge in [-0.15, -0.1) is 0 Å². The number of hydrogen-bond donors (Lipinski definition) is 3. The van der Waals surface area contributed by atoms with E-state index in [1.54, 1.807) is 0 Å². The molecule has 2 heterocycles. The van der Waals surface area contributed by atoms with Gasteiger partial charge in [0.2, 0.25) is 6.79 Å². The van der Waals surface area contributed by atoms with Gasteiger partial charge >= 0.3 is 0 Å². The SMILES string of the molecule is CCCNC(=S)N(CC[NH+](CC)CC)Cc1cc2cc3c(cc2[nH]c1=O)OCO3. The Morgan fingerprint density at radius 1 is 1.21 bits per heavy atom. The Balaban J connectivity index is 1.83. The largest absolute Gasteiger partial charge is 0.454 e. The lowest BCUT2D eigenvalue weighted by molar-refractivity contribution is -0.895. The number of nitrogens with one attached hydrogen (secondary N) is 3. The third kappa shape index (κ3) is 5.19. The van der Waals surface area contributed by atoms with E-state index in [-0.39, 0.29) is 12.4 Å². The molecule has 29 heavy (non-hydrogen) atoms. The molecule has 1 aromatic carbocycles. The van der Waals surface area contributed by atoms with Gasteiger partial charge in [0.1, 0.15) is 0 Å². The van der Waals surface area contributed by atoms with E-state index in [2.05, 4.69) is 36.0 Å². The van der Waals surface area contributed by atoms with E-state index in [9.17, 15) is 4.79 Å². The highest BCUT2D eigenvalue weighted by atomic mass is 32.1. The van der Waals surface area contributed by atoms with Crippen molar-refractivity contribution in [2.75, 3.05) is 39.5 Å². The third-order valence-electron chi connectivity index (χ3n) is 5.32. The predicted molar refractivity (Wildman–Crippen MR) is 119 cm³/mol. The molecule has 1 aliphatic rings. The van der Waals surface area contributed by atoms with Crippen LogP contribution in [-0.2, 0) is 6.54 Å². The minimum absolute atomic E-state index is 0.102. The minimum atomic E-state index is -0.102. The van der Waals surface area contributed by atoms with Crippen molar-refractivity contribution in [3.8, 4) is 11.5 Å². The fourth-order valence-electron chi connectivity index (χ4n) is 3.46. The van der Waals surface area contributed by atoms with Crippen LogP contribution in [0.25, 0.3) is 10.9 Å². The normalized spacial score (nSPS) is 12.6. The molecule has 0 amide bonds. The maximum atomic E-state index is 12.7. The number of likely N-dealkylation sites (N-methyl/N-ethyl adjacent to an activating group) is 1. The van der Waals surface area contributed by atoms with Crippen molar-refractivity contribution in [3.05, 3.63) is 34.1 Å². The van der Waals surface area contributed by atoms with Gasteiger partial charge in [-0.05, 0) is 44.6 Å². The molecular formula is C21H31N4O3S+. The predicted octanol–water partition coefficient (Wildman–Crippen LogP) is 1.27. The highest BCUT2D eigenvalue weighted by Crippen LogP contribution is 2.35. The number of fused-ring (bicyclic) bond motifs is 2. The topological polar surface area (TPSA) is 71.0 Å². The van der Waals surface area contributed by atoms with E-state index in [1.165, 1.54) is 4.90 Å². The van der Waals surface area contributed by atoms with Gasteiger partial charge in [-0.1, -0.05) is 6.92 Å². The van der Waals surface area contributed by atoms with Gasteiger partial charge < -0.3 is 29.6 Å². The molecule has 2 aromatic rings. The number of aromatic amines is 1. The van der Waals surface area contributed by atoms with E-state index in [0.29, 0.717) is 28.7 Å². The molecule has 0 unspecified atom stereocenters. The number of aromatic nitrogens is 1. The molecule has 0 bridgehead atoms. The van der Waals surface area contributed by atoms with Crippen LogP contribution < -0.4 is 25.2 Å². The Labute approximate surface area is 177 Å². The maximum Gasteiger partial charge on any atom is 0.253 e. The van der Waals surface area contributed by atoms with Crippen LogP contribution in [0.1, 0.15) is 32.8 Å². The van der Waals surface area contributed by atoms with Gasteiger partial charge in [0.05, 0.1) is 38.2 Å². The van der Waals surface area contributed by atoms with Crippen LogP contribution in [0.3, 0.4) is 0 Å². The number of pyridine rings is 1. The lowest BCUT2D eigenvalue weighted by Crippen LogP contribution is -3.12. The number of quaternary nitrogens is 1. The molecule has 0 saturated carbocycles. The van der Waals surface area contributed by atoms with Gasteiger partial charge in [-0.3, -0.25) is 4.79 Å².